The first kappa shape index (κ1) is 10.1. The molecule has 0 saturated heterocycles. The van der Waals surface area contributed by atoms with E-state index < -0.39 is 11.8 Å². The molecule has 0 atom stereocenters. The molecule has 2 rings (SSSR count). The molecule has 0 aliphatic carbocycles. The molecule has 0 unspecified atom stereocenters. The van der Waals surface area contributed by atoms with E-state index in [1.54, 1.807) is 24.5 Å². The van der Waals surface area contributed by atoms with Crippen LogP contribution >= 0.6 is 0 Å². The molecule has 2 aromatic rings. The molecule has 0 radical (unpaired) electrons. The molecule has 1 heterocycles. The van der Waals surface area contributed by atoms with Crippen LogP contribution in [0.5, 0.6) is 0 Å². The van der Waals surface area contributed by atoms with Crippen molar-refractivity contribution in [1.82, 2.24) is 9.97 Å². The molecule has 0 saturated carbocycles. The Labute approximate surface area is 90.8 Å². The Balaban J connectivity index is 2.30. The molecule has 5 nitrogen and oxygen atoms in total. The minimum Gasteiger partial charge on any atom is -0.475 e. The van der Waals surface area contributed by atoms with E-state index in [9.17, 15) is 9.59 Å². The number of carbonyl (C=O) groups is 2. The minimum atomic E-state index is -1.45. The van der Waals surface area contributed by atoms with Crippen LogP contribution in [0.4, 0.5) is 0 Å². The van der Waals surface area contributed by atoms with Crippen LogP contribution in [-0.4, -0.2) is 26.8 Å². The van der Waals surface area contributed by atoms with E-state index in [2.05, 4.69) is 9.97 Å². The summed E-state index contributed by atoms with van der Waals surface area (Å²) in [4.78, 5) is 28.5. The second-order valence-corrected chi connectivity index (χ2v) is 3.15. The summed E-state index contributed by atoms with van der Waals surface area (Å²) in [6.45, 7) is 0. The number of Topliss-reactive ketones (excluding diaryl/α,β-unsaturated/α-hetero) is 1. The quantitative estimate of drug-likeness (QED) is 0.599. The van der Waals surface area contributed by atoms with Crippen molar-refractivity contribution >= 4 is 11.8 Å². The highest BCUT2D eigenvalue weighted by molar-refractivity contribution is 6.39. The molecule has 5 heteroatoms. The molecule has 0 aliphatic rings. The fraction of sp³-hybridized carbons (Fsp3) is 0. The van der Waals surface area contributed by atoms with E-state index in [0.29, 0.717) is 5.82 Å². The van der Waals surface area contributed by atoms with Gasteiger partial charge in [0.1, 0.15) is 5.82 Å². The van der Waals surface area contributed by atoms with E-state index >= 15 is 0 Å². The largest absolute Gasteiger partial charge is 0.475 e. The lowest BCUT2D eigenvalue weighted by molar-refractivity contribution is -0.131. The maximum Gasteiger partial charge on any atom is 0.377 e. The fourth-order valence-electron chi connectivity index (χ4n) is 1.33. The number of hydrogen-bond acceptors (Lipinski definition) is 3. The summed E-state index contributed by atoms with van der Waals surface area (Å²) < 4.78 is 0. The summed E-state index contributed by atoms with van der Waals surface area (Å²) in [5.41, 5.74) is 0.953. The third kappa shape index (κ3) is 1.83. The Kier molecular flexibility index (Phi) is 2.51. The number of hydrogen-bond donors (Lipinski definition) is 2. The number of aromatic nitrogens is 2. The van der Waals surface area contributed by atoms with Gasteiger partial charge in [-0.2, -0.15) is 0 Å². The van der Waals surface area contributed by atoms with Crippen molar-refractivity contribution in [2.24, 2.45) is 0 Å². The Morgan fingerprint density at radius 2 is 1.88 bits per heavy atom. The average Bonchev–Trinajstić information content (AvgIpc) is 2.81. The van der Waals surface area contributed by atoms with Gasteiger partial charge in [0.2, 0.25) is 0 Å². The summed E-state index contributed by atoms with van der Waals surface area (Å²) in [7, 11) is 0. The van der Waals surface area contributed by atoms with Gasteiger partial charge in [-0.3, -0.25) is 4.79 Å². The number of carboxylic acid groups (broad SMARTS) is 1. The molecule has 16 heavy (non-hydrogen) atoms. The van der Waals surface area contributed by atoms with E-state index in [-0.39, 0.29) is 5.56 Å². The highest BCUT2D eigenvalue weighted by Crippen LogP contribution is 2.15. The zero-order valence-electron chi connectivity index (χ0n) is 8.18. The number of imidazole rings is 1. The predicted molar refractivity (Wildman–Crippen MR) is 56.0 cm³/mol. The first-order valence-corrected chi connectivity index (χ1v) is 4.56. The molecule has 2 N–H and O–H groups in total. The molecule has 0 spiro atoms. The summed E-state index contributed by atoms with van der Waals surface area (Å²) in [5.74, 6) is -1.69. The number of nitrogens with one attached hydrogen (secondary N) is 1. The van der Waals surface area contributed by atoms with Crippen LogP contribution in [0.1, 0.15) is 10.4 Å². The Hall–Kier alpha value is -2.43. The summed E-state index contributed by atoms with van der Waals surface area (Å²) in [5, 5.41) is 8.52. The van der Waals surface area contributed by atoms with Gasteiger partial charge in [0.25, 0.3) is 5.78 Å². The summed E-state index contributed by atoms with van der Waals surface area (Å²) >= 11 is 0. The van der Waals surface area contributed by atoms with Crippen LogP contribution < -0.4 is 0 Å². The molecule has 0 fully saturated rings. The normalized spacial score (nSPS) is 10.0. The number of benzene rings is 1. The van der Waals surface area contributed by atoms with Gasteiger partial charge in [-0.25, -0.2) is 9.78 Å². The number of aliphatic carboxylic acids is 1. The number of aromatic amines is 1. The zero-order valence-corrected chi connectivity index (χ0v) is 8.18. The monoisotopic (exact) mass is 216 g/mol. The van der Waals surface area contributed by atoms with E-state index in [4.69, 9.17) is 5.11 Å². The topological polar surface area (TPSA) is 83.0 Å². The van der Waals surface area contributed by atoms with Gasteiger partial charge < -0.3 is 10.1 Å². The lowest BCUT2D eigenvalue weighted by Crippen LogP contribution is -2.12. The molecule has 80 valence electrons. The first-order chi connectivity index (χ1) is 7.68. The average molecular weight is 216 g/mol. The van der Waals surface area contributed by atoms with Gasteiger partial charge in [-0.15, -0.1) is 0 Å². The molecule has 0 aliphatic heterocycles. The van der Waals surface area contributed by atoms with Gasteiger partial charge in [-0.1, -0.05) is 24.3 Å². The SMILES string of the molecule is O=C(O)C(=O)c1ccc(-c2ncc[nH]2)cc1. The molecular formula is C11H8N2O3. The van der Waals surface area contributed by atoms with Crippen LogP contribution in [0, 0.1) is 0 Å². The van der Waals surface area contributed by atoms with Gasteiger partial charge in [-0.05, 0) is 0 Å². The van der Waals surface area contributed by atoms with Gasteiger partial charge >= 0.3 is 5.97 Å². The zero-order chi connectivity index (χ0) is 11.5. The first-order valence-electron chi connectivity index (χ1n) is 4.56. The van der Waals surface area contributed by atoms with Crippen molar-refractivity contribution in [3.63, 3.8) is 0 Å². The van der Waals surface area contributed by atoms with Gasteiger partial charge in [0.05, 0.1) is 0 Å². The van der Waals surface area contributed by atoms with Crippen molar-refractivity contribution in [2.75, 3.05) is 0 Å². The second-order valence-electron chi connectivity index (χ2n) is 3.15. The van der Waals surface area contributed by atoms with E-state index in [1.807, 2.05) is 0 Å². The highest BCUT2D eigenvalue weighted by atomic mass is 16.4. The van der Waals surface area contributed by atoms with Crippen LogP contribution in [0.25, 0.3) is 11.4 Å². The smallest absolute Gasteiger partial charge is 0.377 e. The Morgan fingerprint density at radius 1 is 1.19 bits per heavy atom. The van der Waals surface area contributed by atoms with Crippen molar-refractivity contribution < 1.29 is 14.7 Å². The molecule has 0 amide bonds. The summed E-state index contributed by atoms with van der Waals surface area (Å²) in [6, 6.07) is 6.23. The van der Waals surface area contributed by atoms with E-state index in [0.717, 1.165) is 5.56 Å². The maximum atomic E-state index is 11.1. The van der Waals surface area contributed by atoms with Crippen LogP contribution in [0.15, 0.2) is 36.7 Å². The van der Waals surface area contributed by atoms with E-state index in [1.165, 1.54) is 12.1 Å². The number of ketones is 1. The van der Waals surface area contributed by atoms with Crippen molar-refractivity contribution in [3.8, 4) is 11.4 Å². The number of H-pyrrole nitrogens is 1. The fourth-order valence-corrected chi connectivity index (χ4v) is 1.33. The lowest BCUT2D eigenvalue weighted by Gasteiger charge is -1.98. The second kappa shape index (κ2) is 3.98. The minimum absolute atomic E-state index is 0.155. The summed E-state index contributed by atoms with van der Waals surface area (Å²) in [6.07, 6.45) is 3.30. The van der Waals surface area contributed by atoms with Crippen molar-refractivity contribution in [1.29, 1.82) is 0 Å². The number of carbonyl (C=O) groups excluding carboxylic acids is 1. The predicted octanol–water partition coefficient (Wildman–Crippen LogP) is 1.34. The van der Waals surface area contributed by atoms with Crippen molar-refractivity contribution in [2.45, 2.75) is 0 Å². The number of nitrogens with zero attached hydrogens (tertiary/aromatic N) is 1. The third-order valence-electron chi connectivity index (χ3n) is 2.11. The van der Waals surface area contributed by atoms with Crippen LogP contribution in [-0.2, 0) is 4.79 Å². The molecule has 0 bridgehead atoms. The van der Waals surface area contributed by atoms with Gasteiger partial charge in [0, 0.05) is 23.5 Å². The number of carboxylic acids is 1. The molecular weight excluding hydrogens is 208 g/mol. The molecule has 1 aromatic carbocycles. The van der Waals surface area contributed by atoms with Crippen LogP contribution in [0.3, 0.4) is 0 Å². The molecule has 1 aromatic heterocycles. The maximum absolute atomic E-state index is 11.1. The standard InChI is InChI=1S/C11H8N2O3/c14-9(11(15)16)7-1-3-8(4-2-7)10-12-5-6-13-10/h1-6H,(H,12,13)(H,15,16). The Bertz CT molecular complexity index is 515. The number of rotatable bonds is 3. The third-order valence-corrected chi connectivity index (χ3v) is 2.11. The Morgan fingerprint density at radius 3 is 2.38 bits per heavy atom. The highest BCUT2D eigenvalue weighted by Gasteiger charge is 2.14. The lowest BCUT2D eigenvalue weighted by atomic mass is 10.1. The van der Waals surface area contributed by atoms with Crippen LogP contribution in [0.2, 0.25) is 0 Å². The van der Waals surface area contributed by atoms with Gasteiger partial charge in [0.15, 0.2) is 0 Å². The van der Waals surface area contributed by atoms with Crippen molar-refractivity contribution in [3.05, 3.63) is 42.2 Å².